The van der Waals surface area contributed by atoms with E-state index in [1.807, 2.05) is 0 Å². The van der Waals surface area contributed by atoms with Gasteiger partial charge in [-0.2, -0.15) is 0 Å². The zero-order chi connectivity index (χ0) is 71.9. The number of aliphatic hydroxyl groups is 1. The average molecular weight is 1440 g/mol. The molecule has 0 saturated carbocycles. The van der Waals surface area contributed by atoms with E-state index < -0.39 is 97.5 Å². The van der Waals surface area contributed by atoms with Crippen molar-refractivity contribution in [2.75, 3.05) is 39.6 Å². The topological polar surface area (TPSA) is 237 Å². The number of hydrogen-bond donors (Lipinski definition) is 3. The maximum absolute atomic E-state index is 13.1. The zero-order valence-corrected chi connectivity index (χ0v) is 65.7. The van der Waals surface area contributed by atoms with Crippen LogP contribution in [-0.2, 0) is 65.4 Å². The molecule has 5 atom stereocenters. The second-order valence-corrected chi connectivity index (χ2v) is 31.8. The minimum Gasteiger partial charge on any atom is -0.462 e. The third-order valence-corrected chi connectivity index (χ3v) is 20.4. The molecule has 0 aromatic carbocycles. The lowest BCUT2D eigenvalue weighted by molar-refractivity contribution is -0.161. The molecule has 0 fully saturated rings. The molecule has 3 N–H and O–H groups in total. The number of ether oxygens (including phenoxy) is 4. The van der Waals surface area contributed by atoms with Crippen molar-refractivity contribution in [1.82, 2.24) is 0 Å². The third kappa shape index (κ3) is 72.4. The lowest BCUT2D eigenvalue weighted by atomic mass is 10.0. The Morgan fingerprint density at radius 1 is 0.276 bits per heavy atom. The summed E-state index contributed by atoms with van der Waals surface area (Å²) in [6, 6.07) is 0. The molecule has 0 rings (SSSR count). The van der Waals surface area contributed by atoms with E-state index in [9.17, 15) is 43.2 Å². The normalized spacial score (nSPS) is 13.9. The summed E-state index contributed by atoms with van der Waals surface area (Å²) in [5.74, 6) is -1.32. The van der Waals surface area contributed by atoms with Gasteiger partial charge in [-0.25, -0.2) is 9.13 Å². The van der Waals surface area contributed by atoms with E-state index in [4.69, 9.17) is 37.0 Å². The van der Waals surface area contributed by atoms with Gasteiger partial charge in [0.25, 0.3) is 0 Å². The summed E-state index contributed by atoms with van der Waals surface area (Å²) in [5.41, 5.74) is 0. The Kier molecular flexibility index (Phi) is 70.6. The quantitative estimate of drug-likeness (QED) is 0.0222. The number of phosphoric acid groups is 2. The fraction of sp³-hybridized carbons (Fsp3) is 0.949. The summed E-state index contributed by atoms with van der Waals surface area (Å²) in [5, 5.41) is 10.6. The van der Waals surface area contributed by atoms with Gasteiger partial charge in [0.2, 0.25) is 0 Å². The molecule has 19 heteroatoms. The van der Waals surface area contributed by atoms with E-state index in [1.165, 1.54) is 244 Å². The Hall–Kier alpha value is -1.94. The van der Waals surface area contributed by atoms with Gasteiger partial charge < -0.3 is 33.8 Å². The van der Waals surface area contributed by atoms with Crippen molar-refractivity contribution in [3.05, 3.63) is 0 Å². The van der Waals surface area contributed by atoms with E-state index in [0.29, 0.717) is 25.7 Å². The minimum atomic E-state index is -4.96. The van der Waals surface area contributed by atoms with Gasteiger partial charge in [0.1, 0.15) is 19.3 Å². The molecule has 98 heavy (non-hydrogen) atoms. The summed E-state index contributed by atoms with van der Waals surface area (Å²) in [4.78, 5) is 73.0. The van der Waals surface area contributed by atoms with Crippen LogP contribution in [0.1, 0.15) is 420 Å². The maximum Gasteiger partial charge on any atom is 0.472 e. The van der Waals surface area contributed by atoms with Gasteiger partial charge in [-0.05, 0) is 31.6 Å². The van der Waals surface area contributed by atoms with Crippen LogP contribution >= 0.6 is 15.6 Å². The number of carbonyl (C=O) groups is 4. The molecule has 0 saturated heterocycles. The highest BCUT2D eigenvalue weighted by Gasteiger charge is 2.30. The van der Waals surface area contributed by atoms with Crippen LogP contribution in [-0.4, -0.2) is 96.7 Å². The first-order chi connectivity index (χ1) is 47.5. The van der Waals surface area contributed by atoms with Crippen molar-refractivity contribution in [3.8, 4) is 0 Å². The Morgan fingerprint density at radius 2 is 0.469 bits per heavy atom. The predicted octanol–water partition coefficient (Wildman–Crippen LogP) is 23.6. The fourth-order valence-electron chi connectivity index (χ4n) is 12.2. The molecule has 0 aliphatic rings. The van der Waals surface area contributed by atoms with Gasteiger partial charge in [-0.3, -0.25) is 37.3 Å². The molecular formula is C79H154O17P2. The van der Waals surface area contributed by atoms with Crippen molar-refractivity contribution in [1.29, 1.82) is 0 Å². The molecule has 0 aliphatic carbocycles. The fourth-order valence-corrected chi connectivity index (χ4v) is 13.8. The first kappa shape index (κ1) is 96.1. The smallest absolute Gasteiger partial charge is 0.462 e. The Labute approximate surface area is 600 Å². The van der Waals surface area contributed by atoms with Crippen LogP contribution in [0.3, 0.4) is 0 Å². The molecule has 0 bridgehead atoms. The van der Waals surface area contributed by atoms with Gasteiger partial charge in [0, 0.05) is 25.7 Å². The minimum absolute atomic E-state index is 0.108. The van der Waals surface area contributed by atoms with E-state index in [-0.39, 0.29) is 25.7 Å². The highest BCUT2D eigenvalue weighted by molar-refractivity contribution is 7.47. The highest BCUT2D eigenvalue weighted by atomic mass is 31.2. The summed E-state index contributed by atoms with van der Waals surface area (Å²) in [6.45, 7) is 7.35. The summed E-state index contributed by atoms with van der Waals surface area (Å²) >= 11 is 0. The number of esters is 4. The van der Waals surface area contributed by atoms with Crippen molar-refractivity contribution < 1.29 is 80.2 Å². The van der Waals surface area contributed by atoms with Crippen LogP contribution in [0, 0.1) is 5.92 Å². The van der Waals surface area contributed by atoms with E-state index in [1.54, 1.807) is 0 Å². The summed E-state index contributed by atoms with van der Waals surface area (Å²) < 4.78 is 68.7. The Morgan fingerprint density at radius 3 is 0.694 bits per heavy atom. The number of phosphoric ester groups is 2. The van der Waals surface area contributed by atoms with E-state index in [0.717, 1.165) is 95.8 Å². The molecule has 0 heterocycles. The number of carbonyl (C=O) groups excluding carboxylic acids is 4. The van der Waals surface area contributed by atoms with Gasteiger partial charge in [0.05, 0.1) is 26.4 Å². The molecular weight excluding hydrogens is 1280 g/mol. The van der Waals surface area contributed by atoms with Gasteiger partial charge in [-0.1, -0.05) is 369 Å². The van der Waals surface area contributed by atoms with Gasteiger partial charge >= 0.3 is 39.5 Å². The van der Waals surface area contributed by atoms with Crippen LogP contribution < -0.4 is 0 Å². The monoisotopic (exact) mass is 1440 g/mol. The van der Waals surface area contributed by atoms with Crippen LogP contribution in [0.2, 0.25) is 0 Å². The maximum atomic E-state index is 13.1. The average Bonchev–Trinajstić information content (AvgIpc) is 2.20. The van der Waals surface area contributed by atoms with Crippen LogP contribution in [0.5, 0.6) is 0 Å². The van der Waals surface area contributed by atoms with Crippen LogP contribution in [0.15, 0.2) is 0 Å². The SMILES string of the molecule is CCCCCCCCCCCCCCCCCC(=O)OC[C@H](COP(=O)(O)OC[C@@H](O)COP(=O)(O)OC[C@@H](COC(=O)CCCCCCCCCCCCCC)OC(=O)CCCCCCCCCCCCCCCCC)OC(=O)CCCCCCCCCCCCCCCC(C)C. The van der Waals surface area contributed by atoms with E-state index in [2.05, 4.69) is 34.6 Å². The molecule has 0 spiro atoms. The lowest BCUT2D eigenvalue weighted by Crippen LogP contribution is -2.30. The number of aliphatic hydroxyl groups excluding tert-OH is 1. The Bertz CT molecular complexity index is 1870. The number of rotatable bonds is 79. The van der Waals surface area contributed by atoms with Crippen LogP contribution in [0.25, 0.3) is 0 Å². The Balaban J connectivity index is 5.26. The van der Waals surface area contributed by atoms with Crippen LogP contribution in [0.4, 0.5) is 0 Å². The first-order valence-corrected chi connectivity index (χ1v) is 44.1. The van der Waals surface area contributed by atoms with Crippen molar-refractivity contribution in [2.45, 2.75) is 438 Å². The third-order valence-electron chi connectivity index (χ3n) is 18.5. The highest BCUT2D eigenvalue weighted by Crippen LogP contribution is 2.45. The van der Waals surface area contributed by atoms with Gasteiger partial charge in [0.15, 0.2) is 12.2 Å². The zero-order valence-electron chi connectivity index (χ0n) is 63.9. The lowest BCUT2D eigenvalue weighted by Gasteiger charge is -2.21. The number of hydrogen-bond acceptors (Lipinski definition) is 15. The summed E-state index contributed by atoms with van der Waals surface area (Å²) in [7, 11) is -9.92. The molecule has 2 unspecified atom stereocenters. The largest absolute Gasteiger partial charge is 0.472 e. The molecule has 0 aromatic rings. The second-order valence-electron chi connectivity index (χ2n) is 28.9. The second kappa shape index (κ2) is 72.0. The molecule has 0 radical (unpaired) electrons. The van der Waals surface area contributed by atoms with E-state index >= 15 is 0 Å². The summed E-state index contributed by atoms with van der Waals surface area (Å²) in [6.07, 6.45) is 62.2. The molecule has 0 aliphatic heterocycles. The van der Waals surface area contributed by atoms with Gasteiger partial charge in [-0.15, -0.1) is 0 Å². The molecule has 17 nitrogen and oxygen atoms in total. The molecule has 0 aromatic heterocycles. The number of unbranched alkanes of at least 4 members (excludes halogenated alkanes) is 51. The standard InChI is InChI=1S/C79H154O17P2/c1-6-9-12-15-18-21-24-27-29-33-38-43-48-53-58-63-77(82)90-69-75(96-79(84)65-60-55-50-45-40-35-31-32-36-41-46-51-56-61-72(4)5)71-94-98(87,88)92-67-73(80)66-91-97(85,86)93-70-74(68-89-76(81)62-57-52-47-42-37-26-23-20-17-14-11-8-3)95-78(83)64-59-54-49-44-39-34-30-28-25-22-19-16-13-10-7-2/h72-75,80H,6-71H2,1-5H3,(H,85,86)(H,87,88)/t73-,74+,75+/m0/s1. The first-order valence-electron chi connectivity index (χ1n) is 41.1. The molecule has 0 amide bonds. The van der Waals surface area contributed by atoms with Crippen molar-refractivity contribution in [2.24, 2.45) is 5.92 Å². The molecule has 582 valence electrons. The van der Waals surface area contributed by atoms with Crippen molar-refractivity contribution >= 4 is 39.5 Å². The predicted molar refractivity (Wildman–Crippen MR) is 400 cm³/mol. The van der Waals surface area contributed by atoms with Crippen molar-refractivity contribution in [3.63, 3.8) is 0 Å².